The molecule has 1 aliphatic rings. The van der Waals surface area contributed by atoms with Gasteiger partial charge in [-0.2, -0.15) is 0 Å². The Morgan fingerprint density at radius 3 is 2.48 bits per heavy atom. The van der Waals surface area contributed by atoms with Crippen molar-refractivity contribution >= 4 is 10.0 Å². The standard InChI is InChI=1S/C17H20FN3O3S/c18-14-3-1-13(2-4-14)12-25(22,23)21-15-5-7-16(8-6-15)24-17-11-19-9-10-20-17/h1-4,9-11,15-16,21H,5-8,12H2. The minimum absolute atomic E-state index is 0.0227. The predicted octanol–water partition coefficient (Wildman–Crippen LogP) is 2.43. The SMILES string of the molecule is O=S(=O)(Cc1ccc(F)cc1)NC1CCC(Oc2cnccn2)CC1. The smallest absolute Gasteiger partial charge is 0.232 e. The molecule has 0 bridgehead atoms. The van der Waals surface area contributed by atoms with Crippen molar-refractivity contribution in [2.75, 3.05) is 0 Å². The molecule has 2 aromatic rings. The summed E-state index contributed by atoms with van der Waals surface area (Å²) in [6, 6.07) is 5.40. The van der Waals surface area contributed by atoms with E-state index in [1.807, 2.05) is 0 Å². The molecule has 1 aliphatic carbocycles. The van der Waals surface area contributed by atoms with Crippen LogP contribution in [0.4, 0.5) is 4.39 Å². The van der Waals surface area contributed by atoms with Gasteiger partial charge in [0.1, 0.15) is 11.9 Å². The Kier molecular flexibility index (Phi) is 5.60. The second-order valence-electron chi connectivity index (χ2n) is 6.14. The van der Waals surface area contributed by atoms with Crippen LogP contribution in [0.1, 0.15) is 31.2 Å². The van der Waals surface area contributed by atoms with Gasteiger partial charge in [0.25, 0.3) is 0 Å². The van der Waals surface area contributed by atoms with Crippen LogP contribution in [0.5, 0.6) is 5.88 Å². The number of rotatable bonds is 6. The van der Waals surface area contributed by atoms with Crippen LogP contribution in [0.15, 0.2) is 42.9 Å². The van der Waals surface area contributed by atoms with E-state index in [0.717, 1.165) is 12.8 Å². The number of ether oxygens (including phenoxy) is 1. The molecule has 1 N–H and O–H groups in total. The largest absolute Gasteiger partial charge is 0.473 e. The molecule has 0 saturated heterocycles. The first kappa shape index (κ1) is 17.8. The van der Waals surface area contributed by atoms with Gasteiger partial charge in [-0.05, 0) is 43.4 Å². The number of aromatic nitrogens is 2. The van der Waals surface area contributed by atoms with Crippen molar-refractivity contribution in [3.63, 3.8) is 0 Å². The molecule has 8 heteroatoms. The van der Waals surface area contributed by atoms with Crippen molar-refractivity contribution < 1.29 is 17.5 Å². The topological polar surface area (TPSA) is 81.2 Å². The zero-order chi connectivity index (χ0) is 17.7. The average Bonchev–Trinajstić information content (AvgIpc) is 2.59. The van der Waals surface area contributed by atoms with Gasteiger partial charge in [0.2, 0.25) is 15.9 Å². The number of benzene rings is 1. The van der Waals surface area contributed by atoms with Crippen molar-refractivity contribution in [1.29, 1.82) is 0 Å². The molecule has 25 heavy (non-hydrogen) atoms. The van der Waals surface area contributed by atoms with Gasteiger partial charge in [0, 0.05) is 18.4 Å². The molecule has 0 radical (unpaired) electrons. The molecule has 0 spiro atoms. The zero-order valence-electron chi connectivity index (χ0n) is 13.6. The number of nitrogens with one attached hydrogen (secondary N) is 1. The summed E-state index contributed by atoms with van der Waals surface area (Å²) in [6.45, 7) is 0. The fourth-order valence-corrected chi connectivity index (χ4v) is 4.37. The van der Waals surface area contributed by atoms with E-state index in [9.17, 15) is 12.8 Å². The summed E-state index contributed by atoms with van der Waals surface area (Å²) in [7, 11) is -3.46. The number of sulfonamides is 1. The van der Waals surface area contributed by atoms with Crippen molar-refractivity contribution in [2.45, 2.75) is 43.6 Å². The molecule has 134 valence electrons. The monoisotopic (exact) mass is 365 g/mol. The molecule has 0 atom stereocenters. The highest BCUT2D eigenvalue weighted by Crippen LogP contribution is 2.23. The lowest BCUT2D eigenvalue weighted by Gasteiger charge is -2.28. The van der Waals surface area contributed by atoms with Gasteiger partial charge in [-0.1, -0.05) is 12.1 Å². The Bertz CT molecular complexity index is 777. The number of halogens is 1. The van der Waals surface area contributed by atoms with E-state index in [0.29, 0.717) is 24.3 Å². The molecule has 1 saturated carbocycles. The first-order valence-electron chi connectivity index (χ1n) is 8.17. The molecule has 3 rings (SSSR count). The van der Waals surface area contributed by atoms with Crippen molar-refractivity contribution in [3.05, 3.63) is 54.2 Å². The maximum atomic E-state index is 12.9. The molecule has 1 aromatic heterocycles. The number of nitrogens with zero attached hydrogens (tertiary/aromatic N) is 2. The normalized spacial score (nSPS) is 21.0. The second kappa shape index (κ2) is 7.88. The zero-order valence-corrected chi connectivity index (χ0v) is 14.5. The van der Waals surface area contributed by atoms with Gasteiger partial charge in [-0.15, -0.1) is 0 Å². The Morgan fingerprint density at radius 1 is 1.12 bits per heavy atom. The average molecular weight is 365 g/mol. The van der Waals surface area contributed by atoms with Crippen LogP contribution in [0.3, 0.4) is 0 Å². The number of hydrogen-bond acceptors (Lipinski definition) is 5. The van der Waals surface area contributed by atoms with Crippen LogP contribution in [-0.2, 0) is 15.8 Å². The first-order chi connectivity index (χ1) is 12.0. The van der Waals surface area contributed by atoms with Crippen LogP contribution < -0.4 is 9.46 Å². The quantitative estimate of drug-likeness (QED) is 0.850. The molecule has 1 aromatic carbocycles. The molecule has 0 unspecified atom stereocenters. The third-order valence-electron chi connectivity index (χ3n) is 4.12. The van der Waals surface area contributed by atoms with E-state index < -0.39 is 10.0 Å². The third-order valence-corrected chi connectivity index (χ3v) is 5.52. The Morgan fingerprint density at radius 2 is 1.84 bits per heavy atom. The van der Waals surface area contributed by atoms with Gasteiger partial charge in [-0.3, -0.25) is 4.98 Å². The lowest BCUT2D eigenvalue weighted by atomic mass is 9.94. The summed E-state index contributed by atoms with van der Waals surface area (Å²) >= 11 is 0. The molecule has 6 nitrogen and oxygen atoms in total. The van der Waals surface area contributed by atoms with E-state index in [-0.39, 0.29) is 23.7 Å². The van der Waals surface area contributed by atoms with Crippen molar-refractivity contribution in [1.82, 2.24) is 14.7 Å². The summed E-state index contributed by atoms with van der Waals surface area (Å²) in [5.74, 6) is -0.0399. The van der Waals surface area contributed by atoms with Crippen molar-refractivity contribution in [2.24, 2.45) is 0 Å². The van der Waals surface area contributed by atoms with Crippen LogP contribution >= 0.6 is 0 Å². The second-order valence-corrected chi connectivity index (χ2v) is 7.89. The maximum Gasteiger partial charge on any atom is 0.232 e. The Balaban J connectivity index is 1.48. The Labute approximate surface area is 146 Å². The van der Waals surface area contributed by atoms with Crippen LogP contribution in [0.25, 0.3) is 0 Å². The Hall–Kier alpha value is -2.06. The van der Waals surface area contributed by atoms with Gasteiger partial charge < -0.3 is 4.74 Å². The van der Waals surface area contributed by atoms with E-state index in [1.54, 1.807) is 18.6 Å². The summed E-state index contributed by atoms with van der Waals surface area (Å²) in [6.07, 6.45) is 7.65. The minimum atomic E-state index is -3.46. The lowest BCUT2D eigenvalue weighted by molar-refractivity contribution is 0.138. The first-order valence-corrected chi connectivity index (χ1v) is 9.82. The molecule has 1 heterocycles. The molecular weight excluding hydrogens is 345 g/mol. The van der Waals surface area contributed by atoms with E-state index in [2.05, 4.69) is 14.7 Å². The van der Waals surface area contributed by atoms with Gasteiger partial charge >= 0.3 is 0 Å². The number of hydrogen-bond donors (Lipinski definition) is 1. The fraction of sp³-hybridized carbons (Fsp3) is 0.412. The summed E-state index contributed by atoms with van der Waals surface area (Å²) in [5, 5.41) is 0. The maximum absolute atomic E-state index is 12.9. The van der Waals surface area contributed by atoms with Crippen LogP contribution in [-0.4, -0.2) is 30.5 Å². The van der Waals surface area contributed by atoms with Crippen LogP contribution in [0.2, 0.25) is 0 Å². The van der Waals surface area contributed by atoms with Gasteiger partial charge in [-0.25, -0.2) is 22.5 Å². The highest BCUT2D eigenvalue weighted by Gasteiger charge is 2.26. The summed E-state index contributed by atoms with van der Waals surface area (Å²) in [5.41, 5.74) is 0.563. The molecular formula is C17H20FN3O3S. The highest BCUT2D eigenvalue weighted by atomic mass is 32.2. The van der Waals surface area contributed by atoms with E-state index in [1.165, 1.54) is 24.3 Å². The van der Waals surface area contributed by atoms with E-state index in [4.69, 9.17) is 4.74 Å². The van der Waals surface area contributed by atoms with Gasteiger partial charge in [0.15, 0.2) is 0 Å². The minimum Gasteiger partial charge on any atom is -0.473 e. The van der Waals surface area contributed by atoms with Gasteiger partial charge in [0.05, 0.1) is 11.9 Å². The molecule has 0 aliphatic heterocycles. The van der Waals surface area contributed by atoms with Crippen LogP contribution in [0, 0.1) is 5.82 Å². The summed E-state index contributed by atoms with van der Waals surface area (Å²) < 4.78 is 45.9. The predicted molar refractivity (Wildman–Crippen MR) is 90.9 cm³/mol. The molecule has 0 amide bonds. The molecule has 1 fully saturated rings. The van der Waals surface area contributed by atoms with Crippen molar-refractivity contribution in [3.8, 4) is 5.88 Å². The highest BCUT2D eigenvalue weighted by molar-refractivity contribution is 7.88. The third kappa shape index (κ3) is 5.47. The summed E-state index contributed by atoms with van der Waals surface area (Å²) in [4.78, 5) is 8.04. The lowest BCUT2D eigenvalue weighted by Crippen LogP contribution is -2.40. The van der Waals surface area contributed by atoms with E-state index >= 15 is 0 Å². The fourth-order valence-electron chi connectivity index (χ4n) is 2.91.